The quantitative estimate of drug-likeness (QED) is 0.667. The van der Waals surface area contributed by atoms with E-state index < -0.39 is 11.9 Å². The number of primary amides is 1. The largest absolute Gasteiger partial charge is 0.351 e. The number of fused-ring (bicyclic) bond motifs is 1. The molecular weight excluding hydrogens is 334 g/mol. The molecule has 3 rings (SSSR count). The molecule has 0 unspecified atom stereocenters. The summed E-state index contributed by atoms with van der Waals surface area (Å²) >= 11 is 0. The summed E-state index contributed by atoms with van der Waals surface area (Å²) in [6.45, 7) is 2.15. The number of nitrogens with zero attached hydrogens (tertiary/aromatic N) is 2. The molecule has 1 aromatic heterocycles. The van der Waals surface area contributed by atoms with Crippen molar-refractivity contribution in [2.45, 2.75) is 13.5 Å². The summed E-state index contributed by atoms with van der Waals surface area (Å²) in [6, 6.07) is 12.7. The molecule has 4 N–H and O–H groups in total. The van der Waals surface area contributed by atoms with Gasteiger partial charge in [0.1, 0.15) is 0 Å². The van der Waals surface area contributed by atoms with Crippen LogP contribution >= 0.6 is 0 Å². The highest BCUT2D eigenvalue weighted by Gasteiger charge is 2.16. The number of amides is 3. The van der Waals surface area contributed by atoms with Crippen molar-refractivity contribution in [3.8, 4) is 0 Å². The number of aromatic nitrogens is 2. The van der Waals surface area contributed by atoms with E-state index in [4.69, 9.17) is 5.73 Å². The van der Waals surface area contributed by atoms with Crippen LogP contribution in [0.2, 0.25) is 0 Å². The van der Waals surface area contributed by atoms with Gasteiger partial charge in [0, 0.05) is 23.3 Å². The minimum Gasteiger partial charge on any atom is -0.351 e. The first kappa shape index (κ1) is 17.2. The lowest BCUT2D eigenvalue weighted by atomic mass is 10.1. The second-order valence-corrected chi connectivity index (χ2v) is 5.54. The third kappa shape index (κ3) is 3.39. The SMILES string of the molecule is CCn1nc(C(=O)Nc2ccc(NC(N)=O)cc2)c2ccccc2c1=O. The second-order valence-electron chi connectivity index (χ2n) is 5.54. The van der Waals surface area contributed by atoms with Crippen LogP contribution in [0, 0.1) is 0 Å². The van der Waals surface area contributed by atoms with Crippen LogP contribution in [0.1, 0.15) is 17.4 Å². The summed E-state index contributed by atoms with van der Waals surface area (Å²) in [4.78, 5) is 35.9. The van der Waals surface area contributed by atoms with Gasteiger partial charge in [0.15, 0.2) is 5.69 Å². The second kappa shape index (κ2) is 7.06. The maximum Gasteiger partial charge on any atom is 0.316 e. The van der Waals surface area contributed by atoms with Gasteiger partial charge in [-0.2, -0.15) is 5.10 Å². The number of carbonyl (C=O) groups excluding carboxylic acids is 2. The van der Waals surface area contributed by atoms with Crippen molar-refractivity contribution in [1.29, 1.82) is 0 Å². The molecule has 1 heterocycles. The zero-order valence-corrected chi connectivity index (χ0v) is 14.0. The van der Waals surface area contributed by atoms with E-state index in [0.717, 1.165) is 0 Å². The molecule has 0 atom stereocenters. The highest BCUT2D eigenvalue weighted by atomic mass is 16.2. The Hall–Kier alpha value is -3.68. The maximum absolute atomic E-state index is 12.7. The topological polar surface area (TPSA) is 119 Å². The fraction of sp³-hybridized carbons (Fsp3) is 0.111. The lowest BCUT2D eigenvalue weighted by Crippen LogP contribution is -2.27. The monoisotopic (exact) mass is 351 g/mol. The Morgan fingerprint density at radius 1 is 1.00 bits per heavy atom. The summed E-state index contributed by atoms with van der Waals surface area (Å²) in [5.41, 5.74) is 6.02. The third-order valence-electron chi connectivity index (χ3n) is 3.79. The van der Waals surface area contributed by atoms with Crippen molar-refractivity contribution >= 4 is 34.1 Å². The first-order valence-electron chi connectivity index (χ1n) is 7.97. The highest BCUT2D eigenvalue weighted by molar-refractivity contribution is 6.11. The number of urea groups is 1. The fourth-order valence-corrected chi connectivity index (χ4v) is 2.59. The lowest BCUT2D eigenvalue weighted by Gasteiger charge is -2.10. The molecule has 0 aliphatic heterocycles. The standard InChI is InChI=1S/C18H17N5O3/c1-2-23-17(25)14-6-4-3-5-13(14)15(22-23)16(24)20-11-7-9-12(10-8-11)21-18(19)26/h3-10H,2H2,1H3,(H,20,24)(H3,19,21,26). The first-order chi connectivity index (χ1) is 12.5. The van der Waals surface area contributed by atoms with E-state index in [0.29, 0.717) is 28.7 Å². The van der Waals surface area contributed by atoms with Gasteiger partial charge in [-0.3, -0.25) is 9.59 Å². The van der Waals surface area contributed by atoms with Crippen LogP contribution in [-0.4, -0.2) is 21.7 Å². The van der Waals surface area contributed by atoms with Crippen LogP contribution in [0.15, 0.2) is 53.3 Å². The van der Waals surface area contributed by atoms with E-state index in [-0.39, 0.29) is 11.3 Å². The maximum atomic E-state index is 12.7. The van der Waals surface area contributed by atoms with Crippen molar-refractivity contribution < 1.29 is 9.59 Å². The Balaban J connectivity index is 1.94. The molecule has 2 aromatic carbocycles. The Morgan fingerprint density at radius 3 is 2.15 bits per heavy atom. The fourth-order valence-electron chi connectivity index (χ4n) is 2.59. The molecule has 3 aromatic rings. The van der Waals surface area contributed by atoms with Gasteiger partial charge in [-0.05, 0) is 37.3 Å². The molecule has 0 spiro atoms. The molecule has 132 valence electrons. The van der Waals surface area contributed by atoms with Crippen LogP contribution in [0.25, 0.3) is 10.8 Å². The number of nitrogens with two attached hydrogens (primary N) is 1. The van der Waals surface area contributed by atoms with Crippen molar-refractivity contribution in [2.24, 2.45) is 5.73 Å². The summed E-state index contributed by atoms with van der Waals surface area (Å²) < 4.78 is 1.26. The van der Waals surface area contributed by atoms with Crippen LogP contribution in [0.5, 0.6) is 0 Å². The van der Waals surface area contributed by atoms with Gasteiger partial charge in [0.2, 0.25) is 0 Å². The number of hydrogen-bond donors (Lipinski definition) is 3. The average Bonchev–Trinajstić information content (AvgIpc) is 2.63. The zero-order valence-electron chi connectivity index (χ0n) is 14.0. The van der Waals surface area contributed by atoms with Gasteiger partial charge >= 0.3 is 6.03 Å². The molecule has 26 heavy (non-hydrogen) atoms. The molecule has 3 amide bonds. The minimum absolute atomic E-state index is 0.168. The number of benzene rings is 2. The number of aryl methyl sites for hydroxylation is 1. The molecule has 0 aliphatic carbocycles. The van der Waals surface area contributed by atoms with E-state index in [9.17, 15) is 14.4 Å². The first-order valence-corrected chi connectivity index (χ1v) is 7.97. The Kier molecular flexibility index (Phi) is 4.66. The van der Waals surface area contributed by atoms with E-state index in [1.165, 1.54) is 4.68 Å². The molecule has 0 saturated carbocycles. The predicted octanol–water partition coefficient (Wildman–Crippen LogP) is 2.16. The lowest BCUT2D eigenvalue weighted by molar-refractivity contribution is 0.102. The smallest absolute Gasteiger partial charge is 0.316 e. The Labute approximate surface area is 148 Å². The van der Waals surface area contributed by atoms with Gasteiger partial charge in [-0.25, -0.2) is 9.48 Å². The summed E-state index contributed by atoms with van der Waals surface area (Å²) in [5.74, 6) is -0.431. The van der Waals surface area contributed by atoms with Gasteiger partial charge in [-0.15, -0.1) is 0 Å². The van der Waals surface area contributed by atoms with E-state index in [1.807, 2.05) is 0 Å². The van der Waals surface area contributed by atoms with Crippen molar-refractivity contribution in [3.63, 3.8) is 0 Å². The van der Waals surface area contributed by atoms with Crippen LogP contribution in [0.3, 0.4) is 0 Å². The van der Waals surface area contributed by atoms with Crippen LogP contribution in [0.4, 0.5) is 16.2 Å². The normalized spacial score (nSPS) is 10.5. The van der Waals surface area contributed by atoms with Crippen LogP contribution in [-0.2, 0) is 6.54 Å². The molecule has 0 fully saturated rings. The van der Waals surface area contributed by atoms with Gasteiger partial charge in [-0.1, -0.05) is 18.2 Å². The van der Waals surface area contributed by atoms with E-state index in [1.54, 1.807) is 55.5 Å². The molecular formula is C18H17N5O3. The van der Waals surface area contributed by atoms with Crippen molar-refractivity contribution in [3.05, 3.63) is 64.6 Å². The number of hydrogen-bond acceptors (Lipinski definition) is 4. The molecule has 0 saturated heterocycles. The molecule has 8 heteroatoms. The molecule has 0 radical (unpaired) electrons. The summed E-state index contributed by atoms with van der Waals surface area (Å²) in [7, 11) is 0. The average molecular weight is 351 g/mol. The number of nitrogens with one attached hydrogen (secondary N) is 2. The third-order valence-corrected chi connectivity index (χ3v) is 3.79. The number of carbonyl (C=O) groups is 2. The van der Waals surface area contributed by atoms with E-state index in [2.05, 4.69) is 15.7 Å². The van der Waals surface area contributed by atoms with Crippen molar-refractivity contribution in [1.82, 2.24) is 9.78 Å². The van der Waals surface area contributed by atoms with Crippen LogP contribution < -0.4 is 21.9 Å². The number of rotatable bonds is 4. The summed E-state index contributed by atoms with van der Waals surface area (Å²) in [6.07, 6.45) is 0. The summed E-state index contributed by atoms with van der Waals surface area (Å²) in [5, 5.41) is 10.3. The molecule has 0 bridgehead atoms. The van der Waals surface area contributed by atoms with Crippen molar-refractivity contribution in [2.75, 3.05) is 10.6 Å². The highest BCUT2D eigenvalue weighted by Crippen LogP contribution is 2.17. The van der Waals surface area contributed by atoms with Gasteiger partial charge in [0.25, 0.3) is 11.5 Å². The minimum atomic E-state index is -0.667. The van der Waals surface area contributed by atoms with E-state index >= 15 is 0 Å². The zero-order chi connectivity index (χ0) is 18.7. The number of anilines is 2. The molecule has 0 aliphatic rings. The Bertz CT molecular complexity index is 1040. The predicted molar refractivity (Wildman–Crippen MR) is 99.3 cm³/mol. The Morgan fingerprint density at radius 2 is 1.58 bits per heavy atom. The molecule has 8 nitrogen and oxygen atoms in total. The van der Waals surface area contributed by atoms with Gasteiger partial charge in [0.05, 0.1) is 5.39 Å². The van der Waals surface area contributed by atoms with Gasteiger partial charge < -0.3 is 16.4 Å².